The van der Waals surface area contributed by atoms with Crippen molar-refractivity contribution in [2.24, 2.45) is 0 Å². The van der Waals surface area contributed by atoms with Gasteiger partial charge in [-0.3, -0.25) is 4.90 Å². The van der Waals surface area contributed by atoms with Gasteiger partial charge >= 0.3 is 6.18 Å². The van der Waals surface area contributed by atoms with Gasteiger partial charge in [0, 0.05) is 37.4 Å². The van der Waals surface area contributed by atoms with Gasteiger partial charge in [0.25, 0.3) is 0 Å². The molecule has 0 amide bonds. The van der Waals surface area contributed by atoms with Crippen molar-refractivity contribution in [3.05, 3.63) is 66.0 Å². The third kappa shape index (κ3) is 5.42. The van der Waals surface area contributed by atoms with Crippen molar-refractivity contribution < 1.29 is 17.9 Å². The highest BCUT2D eigenvalue weighted by Crippen LogP contribution is 2.30. The number of anilines is 2. The van der Waals surface area contributed by atoms with Gasteiger partial charge in [-0.25, -0.2) is 15.0 Å². The summed E-state index contributed by atoms with van der Waals surface area (Å²) in [7, 11) is 0. The van der Waals surface area contributed by atoms with E-state index in [0.29, 0.717) is 47.1 Å². The molecule has 3 N–H and O–H groups in total. The number of fused-ring (bicyclic) bond motifs is 1. The lowest BCUT2D eigenvalue weighted by Gasteiger charge is -2.26. The number of halogens is 3. The van der Waals surface area contributed by atoms with Crippen LogP contribution in [-0.2, 0) is 17.5 Å². The highest BCUT2D eigenvalue weighted by Gasteiger charge is 2.30. The molecule has 1 aliphatic rings. The largest absolute Gasteiger partial charge is 0.416 e. The third-order valence-corrected chi connectivity index (χ3v) is 6.07. The molecule has 0 bridgehead atoms. The number of hydrogen-bond acceptors (Lipinski definition) is 7. The fourth-order valence-corrected chi connectivity index (χ4v) is 4.14. The Kier molecular flexibility index (Phi) is 6.75. The van der Waals surface area contributed by atoms with Gasteiger partial charge in [0.15, 0.2) is 17.3 Å². The lowest BCUT2D eigenvalue weighted by molar-refractivity contribution is -0.137. The van der Waals surface area contributed by atoms with Crippen molar-refractivity contribution in [3.63, 3.8) is 0 Å². The number of nitrogen functional groups attached to an aromatic ring is 1. The first kappa shape index (κ1) is 24.0. The third-order valence-electron chi connectivity index (χ3n) is 6.07. The first-order valence-electron chi connectivity index (χ1n) is 11.7. The van der Waals surface area contributed by atoms with Gasteiger partial charge in [-0.15, -0.1) is 0 Å². The predicted molar refractivity (Wildman–Crippen MR) is 131 cm³/mol. The number of nitrogens with one attached hydrogen (secondary N) is 1. The van der Waals surface area contributed by atoms with Crippen molar-refractivity contribution in [2.75, 3.05) is 50.4 Å². The summed E-state index contributed by atoms with van der Waals surface area (Å²) in [6.45, 7) is 5.03. The molecular formula is C25H26F3N7O. The van der Waals surface area contributed by atoms with Gasteiger partial charge < -0.3 is 20.4 Å². The summed E-state index contributed by atoms with van der Waals surface area (Å²) in [5.41, 5.74) is 8.53. The number of rotatable bonds is 7. The van der Waals surface area contributed by atoms with Gasteiger partial charge in [0.2, 0.25) is 0 Å². The molecule has 11 heteroatoms. The van der Waals surface area contributed by atoms with Gasteiger partial charge in [-0.05, 0) is 29.8 Å². The van der Waals surface area contributed by atoms with E-state index in [1.165, 1.54) is 12.1 Å². The van der Waals surface area contributed by atoms with Gasteiger partial charge in [0.1, 0.15) is 5.52 Å². The number of hydrogen-bond donors (Lipinski definition) is 2. The van der Waals surface area contributed by atoms with E-state index in [1.807, 2.05) is 16.7 Å². The number of morpholine rings is 1. The minimum absolute atomic E-state index is 0.315. The summed E-state index contributed by atoms with van der Waals surface area (Å²) in [5.74, 6) is 1.08. The van der Waals surface area contributed by atoms with E-state index in [2.05, 4.69) is 15.2 Å². The van der Waals surface area contributed by atoms with E-state index in [9.17, 15) is 13.2 Å². The van der Waals surface area contributed by atoms with Crippen LogP contribution in [0.4, 0.5) is 24.7 Å². The molecule has 3 heterocycles. The Hall–Kier alpha value is -3.70. The van der Waals surface area contributed by atoms with Crippen LogP contribution in [0.25, 0.3) is 22.6 Å². The molecule has 1 fully saturated rings. The number of ether oxygens (including phenoxy) is 1. The monoisotopic (exact) mass is 497 g/mol. The van der Waals surface area contributed by atoms with Crippen LogP contribution in [-0.4, -0.2) is 63.8 Å². The predicted octanol–water partition coefficient (Wildman–Crippen LogP) is 3.89. The Morgan fingerprint density at radius 3 is 2.53 bits per heavy atom. The van der Waals surface area contributed by atoms with Gasteiger partial charge in [-0.1, -0.05) is 24.3 Å². The first-order chi connectivity index (χ1) is 17.4. The molecule has 0 saturated carbocycles. The minimum atomic E-state index is -4.37. The highest BCUT2D eigenvalue weighted by molar-refractivity contribution is 5.85. The Morgan fingerprint density at radius 2 is 1.81 bits per heavy atom. The summed E-state index contributed by atoms with van der Waals surface area (Å²) in [4.78, 5) is 16.3. The molecular weight excluding hydrogens is 471 g/mol. The quantitative estimate of drug-likeness (QED) is 0.374. The average molecular weight is 498 g/mol. The fraction of sp³-hybridized carbons (Fsp3) is 0.320. The molecule has 2 aromatic heterocycles. The van der Waals surface area contributed by atoms with Crippen LogP contribution in [0.2, 0.25) is 0 Å². The molecule has 188 valence electrons. The number of aromatic nitrogens is 4. The van der Waals surface area contributed by atoms with Crippen LogP contribution >= 0.6 is 0 Å². The molecule has 5 rings (SSSR count). The highest BCUT2D eigenvalue weighted by atomic mass is 19.4. The van der Waals surface area contributed by atoms with E-state index < -0.39 is 11.7 Å². The maximum atomic E-state index is 12.9. The van der Waals surface area contributed by atoms with Crippen LogP contribution in [0.3, 0.4) is 0 Å². The van der Waals surface area contributed by atoms with Gasteiger partial charge in [0.05, 0.1) is 31.6 Å². The number of benzene rings is 2. The second kappa shape index (κ2) is 10.1. The Bertz CT molecular complexity index is 1330. The summed E-state index contributed by atoms with van der Waals surface area (Å²) in [6.07, 6.45) is -2.74. The fourth-order valence-electron chi connectivity index (χ4n) is 4.14. The number of alkyl halides is 3. The molecule has 0 unspecified atom stereocenters. The number of nitrogens with zero attached hydrogens (tertiary/aromatic N) is 5. The maximum absolute atomic E-state index is 12.9. The van der Waals surface area contributed by atoms with E-state index >= 15 is 0 Å². The molecule has 4 aromatic rings. The first-order valence-corrected chi connectivity index (χ1v) is 11.7. The molecule has 8 nitrogen and oxygen atoms in total. The molecule has 0 atom stereocenters. The standard InChI is InChI=1S/C25H26F3N7O/c26-25(27,28)19-6-4-17(5-7-19)15-35-16-31-21-23(30-8-9-34-10-12-36-13-11-34)32-22(33-24(21)35)18-2-1-3-20(29)14-18/h1-7,14,16H,8-13,15,29H2,(H,30,32,33). The van der Waals surface area contributed by atoms with Crippen LogP contribution in [0.1, 0.15) is 11.1 Å². The van der Waals surface area contributed by atoms with Crippen LogP contribution in [0.15, 0.2) is 54.9 Å². The Labute approximate surface area is 205 Å². The summed E-state index contributed by atoms with van der Waals surface area (Å²) < 4.78 is 46.1. The number of nitrogens with two attached hydrogens (primary N) is 1. The summed E-state index contributed by atoms with van der Waals surface area (Å²) in [5, 5.41) is 3.40. The average Bonchev–Trinajstić information content (AvgIpc) is 3.27. The maximum Gasteiger partial charge on any atom is 0.416 e. The van der Waals surface area contributed by atoms with Crippen molar-refractivity contribution in [1.82, 2.24) is 24.4 Å². The van der Waals surface area contributed by atoms with Crippen LogP contribution in [0, 0.1) is 0 Å². The summed E-state index contributed by atoms with van der Waals surface area (Å²) >= 11 is 0. The van der Waals surface area contributed by atoms with E-state index in [-0.39, 0.29) is 0 Å². The summed E-state index contributed by atoms with van der Waals surface area (Å²) in [6, 6.07) is 12.4. The van der Waals surface area contributed by atoms with Crippen molar-refractivity contribution in [2.45, 2.75) is 12.7 Å². The van der Waals surface area contributed by atoms with E-state index in [0.717, 1.165) is 50.5 Å². The second-order valence-corrected chi connectivity index (χ2v) is 8.64. The van der Waals surface area contributed by atoms with Crippen molar-refractivity contribution >= 4 is 22.7 Å². The molecule has 0 aliphatic carbocycles. The molecule has 36 heavy (non-hydrogen) atoms. The zero-order chi connectivity index (χ0) is 25.1. The smallest absolute Gasteiger partial charge is 0.399 e. The Morgan fingerprint density at radius 1 is 1.03 bits per heavy atom. The number of imidazole rings is 1. The minimum Gasteiger partial charge on any atom is -0.399 e. The van der Waals surface area contributed by atoms with Crippen LogP contribution < -0.4 is 11.1 Å². The molecule has 2 aromatic carbocycles. The molecule has 0 spiro atoms. The molecule has 0 radical (unpaired) electrons. The SMILES string of the molecule is Nc1cccc(-c2nc(NCCN3CCOCC3)c3ncn(Cc4ccc(C(F)(F)F)cc4)c3n2)c1. The van der Waals surface area contributed by atoms with E-state index in [1.54, 1.807) is 18.5 Å². The second-order valence-electron chi connectivity index (χ2n) is 8.64. The lowest BCUT2D eigenvalue weighted by Crippen LogP contribution is -2.39. The zero-order valence-corrected chi connectivity index (χ0v) is 19.5. The van der Waals surface area contributed by atoms with Crippen LogP contribution in [0.5, 0.6) is 0 Å². The zero-order valence-electron chi connectivity index (χ0n) is 19.5. The molecule has 1 saturated heterocycles. The topological polar surface area (TPSA) is 94.1 Å². The lowest BCUT2D eigenvalue weighted by atomic mass is 10.1. The van der Waals surface area contributed by atoms with Gasteiger partial charge in [-0.2, -0.15) is 13.2 Å². The normalized spacial score (nSPS) is 14.9. The van der Waals surface area contributed by atoms with Crippen molar-refractivity contribution in [3.8, 4) is 11.4 Å². The van der Waals surface area contributed by atoms with Crippen molar-refractivity contribution in [1.29, 1.82) is 0 Å². The molecule has 1 aliphatic heterocycles. The van der Waals surface area contributed by atoms with E-state index in [4.69, 9.17) is 20.4 Å². The Balaban J connectivity index is 1.45.